The van der Waals surface area contributed by atoms with Gasteiger partial charge in [0.15, 0.2) is 0 Å². The summed E-state index contributed by atoms with van der Waals surface area (Å²) in [6.07, 6.45) is 3.95. The van der Waals surface area contributed by atoms with Crippen LogP contribution in [0.25, 0.3) is 0 Å². The highest BCUT2D eigenvalue weighted by molar-refractivity contribution is 6.33. The Labute approximate surface area is 124 Å². The van der Waals surface area contributed by atoms with Gasteiger partial charge in [-0.25, -0.2) is 5.43 Å². The first-order valence-electron chi connectivity index (χ1n) is 6.66. The van der Waals surface area contributed by atoms with Crippen molar-refractivity contribution in [2.75, 3.05) is 0 Å². The van der Waals surface area contributed by atoms with Crippen LogP contribution in [0.4, 0.5) is 0 Å². The number of nitrogens with one attached hydrogen (secondary N) is 1. The molecule has 1 aliphatic carbocycles. The van der Waals surface area contributed by atoms with E-state index in [1.165, 1.54) is 5.57 Å². The third-order valence-corrected chi connectivity index (χ3v) is 3.58. The third kappa shape index (κ3) is 3.70. The summed E-state index contributed by atoms with van der Waals surface area (Å²) in [5, 5.41) is 4.66. The van der Waals surface area contributed by atoms with Crippen LogP contribution in [-0.2, 0) is 0 Å². The first-order chi connectivity index (χ1) is 9.37. The Kier molecular flexibility index (Phi) is 4.29. The van der Waals surface area contributed by atoms with Crippen LogP contribution in [0.2, 0.25) is 5.02 Å². The minimum absolute atomic E-state index is 0.187. The molecule has 0 saturated carbocycles. The molecule has 2 rings (SSSR count). The molecule has 0 heterocycles. The number of rotatable bonds is 2. The zero-order valence-corrected chi connectivity index (χ0v) is 12.8. The minimum atomic E-state index is -0.280. The molecule has 0 radical (unpaired) electrons. The van der Waals surface area contributed by atoms with E-state index in [-0.39, 0.29) is 11.3 Å². The monoisotopic (exact) mass is 290 g/mol. The number of hydrogen-bond donors (Lipinski definition) is 1. The fraction of sp³-hybridized carbons (Fsp3) is 0.375. The second-order valence-corrected chi connectivity index (χ2v) is 6.44. The number of nitrogens with zero attached hydrogens (tertiary/aromatic N) is 1. The fourth-order valence-electron chi connectivity index (χ4n) is 2.59. The summed E-state index contributed by atoms with van der Waals surface area (Å²) < 4.78 is 0. The molecule has 1 aromatic carbocycles. The molecule has 1 aromatic rings. The lowest BCUT2D eigenvalue weighted by molar-refractivity contribution is 0.0954. The Morgan fingerprint density at radius 2 is 2.00 bits per heavy atom. The zero-order chi connectivity index (χ0) is 14.8. The summed E-state index contributed by atoms with van der Waals surface area (Å²) in [6, 6.07) is 6.95. The van der Waals surface area contributed by atoms with Gasteiger partial charge >= 0.3 is 0 Å². The van der Waals surface area contributed by atoms with Crippen LogP contribution in [-0.4, -0.2) is 11.6 Å². The normalized spacial score (nSPS) is 19.6. The van der Waals surface area contributed by atoms with Crippen molar-refractivity contribution in [3.8, 4) is 0 Å². The van der Waals surface area contributed by atoms with Crippen LogP contribution >= 0.6 is 11.6 Å². The molecule has 0 fully saturated rings. The van der Waals surface area contributed by atoms with E-state index < -0.39 is 0 Å². The summed E-state index contributed by atoms with van der Waals surface area (Å²) in [6.45, 7) is 6.50. The zero-order valence-electron chi connectivity index (χ0n) is 12.0. The van der Waals surface area contributed by atoms with E-state index in [9.17, 15) is 4.79 Å². The van der Waals surface area contributed by atoms with Gasteiger partial charge in [0.05, 0.1) is 16.3 Å². The van der Waals surface area contributed by atoms with Crippen molar-refractivity contribution in [3.05, 3.63) is 46.5 Å². The van der Waals surface area contributed by atoms with Gasteiger partial charge in [-0.15, -0.1) is 0 Å². The number of hydrazone groups is 1. The topological polar surface area (TPSA) is 41.5 Å². The van der Waals surface area contributed by atoms with Crippen molar-refractivity contribution < 1.29 is 4.79 Å². The Morgan fingerprint density at radius 3 is 2.65 bits per heavy atom. The Bertz CT molecular complexity index is 588. The predicted octanol–water partition coefficient (Wildman–Crippen LogP) is 4.19. The van der Waals surface area contributed by atoms with E-state index >= 15 is 0 Å². The number of carbonyl (C=O) groups excluding carboxylic acids is 1. The minimum Gasteiger partial charge on any atom is -0.267 e. The number of benzene rings is 1. The molecule has 1 aliphatic rings. The van der Waals surface area contributed by atoms with Crippen molar-refractivity contribution in [1.29, 1.82) is 0 Å². The van der Waals surface area contributed by atoms with E-state index in [1.54, 1.807) is 24.3 Å². The number of amides is 1. The number of hydrogen-bond acceptors (Lipinski definition) is 2. The summed E-state index contributed by atoms with van der Waals surface area (Å²) in [7, 11) is 0. The lowest BCUT2D eigenvalue weighted by Crippen LogP contribution is -2.25. The molecule has 0 aromatic heterocycles. The van der Waals surface area contributed by atoms with Crippen LogP contribution in [0.3, 0.4) is 0 Å². The van der Waals surface area contributed by atoms with E-state index in [1.807, 2.05) is 6.08 Å². The van der Waals surface area contributed by atoms with Gasteiger partial charge in [0.2, 0.25) is 0 Å². The van der Waals surface area contributed by atoms with Crippen LogP contribution in [0.5, 0.6) is 0 Å². The molecule has 1 N–H and O–H groups in total. The first-order valence-corrected chi connectivity index (χ1v) is 7.04. The van der Waals surface area contributed by atoms with Gasteiger partial charge in [-0.05, 0) is 43.4 Å². The molecular weight excluding hydrogens is 272 g/mol. The third-order valence-electron chi connectivity index (χ3n) is 3.25. The Balaban J connectivity index is 2.12. The van der Waals surface area contributed by atoms with E-state index in [0.29, 0.717) is 10.6 Å². The van der Waals surface area contributed by atoms with Crippen LogP contribution in [0.15, 0.2) is 41.0 Å². The SMILES string of the molecule is CC1=C/C(=N/NC(=O)c2ccccc2Cl)CC(C)(C)C1. The molecule has 106 valence electrons. The molecule has 1 amide bonds. The molecule has 0 atom stereocenters. The van der Waals surface area contributed by atoms with Crippen molar-refractivity contribution >= 4 is 23.2 Å². The molecule has 0 unspecified atom stereocenters. The lowest BCUT2D eigenvalue weighted by atomic mass is 9.77. The number of halogens is 1. The Hall–Kier alpha value is -1.61. The summed E-state index contributed by atoms with van der Waals surface area (Å²) in [5.74, 6) is -0.280. The van der Waals surface area contributed by atoms with Gasteiger partial charge in [-0.3, -0.25) is 4.79 Å². The second kappa shape index (κ2) is 5.80. The van der Waals surface area contributed by atoms with E-state index in [2.05, 4.69) is 31.3 Å². The molecule has 4 heteroatoms. The average Bonchev–Trinajstić information content (AvgIpc) is 2.34. The van der Waals surface area contributed by atoms with Crippen molar-refractivity contribution in [3.63, 3.8) is 0 Å². The molecule has 0 aliphatic heterocycles. The molecule has 20 heavy (non-hydrogen) atoms. The van der Waals surface area contributed by atoms with Crippen LogP contribution in [0, 0.1) is 5.41 Å². The van der Waals surface area contributed by atoms with Crippen LogP contribution in [0.1, 0.15) is 44.0 Å². The van der Waals surface area contributed by atoms with Gasteiger partial charge in [0.25, 0.3) is 5.91 Å². The largest absolute Gasteiger partial charge is 0.272 e. The first kappa shape index (κ1) is 14.8. The van der Waals surface area contributed by atoms with Crippen molar-refractivity contribution in [2.45, 2.75) is 33.6 Å². The maximum Gasteiger partial charge on any atom is 0.272 e. The Morgan fingerprint density at radius 1 is 1.30 bits per heavy atom. The highest BCUT2D eigenvalue weighted by Crippen LogP contribution is 2.33. The maximum absolute atomic E-state index is 12.0. The quantitative estimate of drug-likeness (QED) is 0.815. The molecular formula is C16H19ClN2O. The maximum atomic E-state index is 12.0. The van der Waals surface area contributed by atoms with Crippen molar-refractivity contribution in [1.82, 2.24) is 5.43 Å². The molecule has 0 spiro atoms. The second-order valence-electron chi connectivity index (χ2n) is 6.03. The lowest BCUT2D eigenvalue weighted by Gasteiger charge is -2.29. The van der Waals surface area contributed by atoms with Crippen molar-refractivity contribution in [2.24, 2.45) is 10.5 Å². The number of carbonyl (C=O) groups is 1. The van der Waals surface area contributed by atoms with Gasteiger partial charge < -0.3 is 0 Å². The highest BCUT2D eigenvalue weighted by Gasteiger charge is 2.24. The van der Waals surface area contributed by atoms with Gasteiger partial charge in [-0.1, -0.05) is 43.2 Å². The number of allylic oxidation sites excluding steroid dienone is 2. The molecule has 0 bridgehead atoms. The molecule has 0 saturated heterocycles. The smallest absolute Gasteiger partial charge is 0.267 e. The average molecular weight is 291 g/mol. The summed E-state index contributed by atoms with van der Waals surface area (Å²) in [5.41, 5.74) is 5.40. The van der Waals surface area contributed by atoms with Crippen LogP contribution < -0.4 is 5.43 Å². The highest BCUT2D eigenvalue weighted by atomic mass is 35.5. The predicted molar refractivity (Wildman–Crippen MR) is 83.1 cm³/mol. The van der Waals surface area contributed by atoms with Gasteiger partial charge in [-0.2, -0.15) is 5.10 Å². The van der Waals surface area contributed by atoms with Gasteiger partial charge in [0, 0.05) is 0 Å². The van der Waals surface area contributed by atoms with E-state index in [0.717, 1.165) is 18.6 Å². The molecule has 3 nitrogen and oxygen atoms in total. The fourth-order valence-corrected chi connectivity index (χ4v) is 2.82. The summed E-state index contributed by atoms with van der Waals surface area (Å²) >= 11 is 5.99. The van der Waals surface area contributed by atoms with Gasteiger partial charge in [0.1, 0.15) is 0 Å². The summed E-state index contributed by atoms with van der Waals surface area (Å²) in [4.78, 5) is 12.0. The van der Waals surface area contributed by atoms with E-state index in [4.69, 9.17) is 11.6 Å². The standard InChI is InChI=1S/C16H19ClN2O/c1-11-8-12(10-16(2,3)9-11)18-19-15(20)13-6-4-5-7-14(13)17/h4-8H,9-10H2,1-3H3,(H,19,20)/b18-12-.